The van der Waals surface area contributed by atoms with Gasteiger partial charge in [0.15, 0.2) is 0 Å². The van der Waals surface area contributed by atoms with Crippen molar-refractivity contribution in [2.24, 2.45) is 0 Å². The molecule has 1 atom stereocenters. The molecule has 1 unspecified atom stereocenters. The van der Waals surface area contributed by atoms with E-state index in [0.717, 1.165) is 36.4 Å². The highest BCUT2D eigenvalue weighted by Gasteiger charge is 2.31. The van der Waals surface area contributed by atoms with Gasteiger partial charge < -0.3 is 14.9 Å². The van der Waals surface area contributed by atoms with E-state index in [4.69, 9.17) is 4.52 Å². The van der Waals surface area contributed by atoms with E-state index >= 15 is 0 Å². The van der Waals surface area contributed by atoms with Gasteiger partial charge in [0.05, 0.1) is 11.3 Å². The first-order valence-electron chi connectivity index (χ1n) is 5.46. The summed E-state index contributed by atoms with van der Waals surface area (Å²) in [7, 11) is 0. The summed E-state index contributed by atoms with van der Waals surface area (Å²) in [6, 6.07) is 0. The van der Waals surface area contributed by atoms with E-state index in [1.807, 2.05) is 13.8 Å². The number of β-amino-alcohol motifs (C(OH)–C–C–N with tert-alkyl or cyclic N) is 1. The highest BCUT2D eigenvalue weighted by atomic mass is 16.5. The van der Waals surface area contributed by atoms with E-state index in [1.54, 1.807) is 0 Å². The molecule has 0 aliphatic carbocycles. The minimum absolute atomic E-state index is 0.626. The predicted octanol–water partition coefficient (Wildman–Crippen LogP) is 0.948. The van der Waals surface area contributed by atoms with E-state index in [0.29, 0.717) is 13.0 Å². The maximum Gasteiger partial charge on any atom is 0.137 e. The van der Waals surface area contributed by atoms with Crippen LogP contribution in [0.3, 0.4) is 0 Å². The van der Waals surface area contributed by atoms with Crippen molar-refractivity contribution >= 4 is 0 Å². The van der Waals surface area contributed by atoms with Crippen LogP contribution in [-0.4, -0.2) is 29.0 Å². The van der Waals surface area contributed by atoms with Gasteiger partial charge in [0, 0.05) is 18.5 Å². The van der Waals surface area contributed by atoms with Crippen molar-refractivity contribution < 1.29 is 9.63 Å². The number of aromatic nitrogens is 1. The molecule has 0 radical (unpaired) electrons. The van der Waals surface area contributed by atoms with E-state index in [1.165, 1.54) is 0 Å². The minimum Gasteiger partial charge on any atom is -0.388 e. The molecule has 1 aliphatic heterocycles. The molecule has 1 aromatic heterocycles. The molecule has 4 heteroatoms. The lowest BCUT2D eigenvalue weighted by atomic mass is 9.87. The van der Waals surface area contributed by atoms with Crippen LogP contribution in [0.1, 0.15) is 29.9 Å². The maximum absolute atomic E-state index is 10.4. The van der Waals surface area contributed by atoms with Crippen molar-refractivity contribution in [1.82, 2.24) is 10.5 Å². The van der Waals surface area contributed by atoms with Gasteiger partial charge in [-0.3, -0.25) is 0 Å². The quantitative estimate of drug-likeness (QED) is 0.763. The zero-order valence-electron chi connectivity index (χ0n) is 9.34. The average Bonchev–Trinajstić information content (AvgIpc) is 2.50. The second-order valence-electron chi connectivity index (χ2n) is 4.48. The first-order chi connectivity index (χ1) is 7.11. The Kier molecular flexibility index (Phi) is 2.80. The van der Waals surface area contributed by atoms with Crippen LogP contribution in [0.2, 0.25) is 0 Å². The second kappa shape index (κ2) is 3.94. The molecule has 2 rings (SSSR count). The number of hydrogen-bond donors (Lipinski definition) is 2. The fourth-order valence-corrected chi connectivity index (χ4v) is 2.19. The molecule has 1 aromatic rings. The Morgan fingerprint density at radius 3 is 2.87 bits per heavy atom. The monoisotopic (exact) mass is 210 g/mol. The van der Waals surface area contributed by atoms with Crippen molar-refractivity contribution in [3.63, 3.8) is 0 Å². The molecule has 0 bridgehead atoms. The summed E-state index contributed by atoms with van der Waals surface area (Å²) in [6.45, 7) is 5.49. The van der Waals surface area contributed by atoms with E-state index in [2.05, 4.69) is 10.5 Å². The molecule has 1 fully saturated rings. The fourth-order valence-electron chi connectivity index (χ4n) is 2.19. The van der Waals surface area contributed by atoms with Gasteiger partial charge in [0.1, 0.15) is 5.76 Å². The number of aliphatic hydroxyl groups is 1. The van der Waals surface area contributed by atoms with Gasteiger partial charge in [0.25, 0.3) is 0 Å². The smallest absolute Gasteiger partial charge is 0.137 e. The summed E-state index contributed by atoms with van der Waals surface area (Å²) in [5.74, 6) is 0.825. The Morgan fingerprint density at radius 2 is 2.33 bits per heavy atom. The Bertz CT molecular complexity index is 321. The average molecular weight is 210 g/mol. The van der Waals surface area contributed by atoms with Gasteiger partial charge >= 0.3 is 0 Å². The number of nitrogens with one attached hydrogen (secondary N) is 1. The van der Waals surface area contributed by atoms with E-state index in [-0.39, 0.29) is 0 Å². The van der Waals surface area contributed by atoms with Crippen molar-refractivity contribution in [2.75, 3.05) is 13.1 Å². The summed E-state index contributed by atoms with van der Waals surface area (Å²) in [4.78, 5) is 0. The van der Waals surface area contributed by atoms with Crippen LogP contribution in [0.5, 0.6) is 0 Å². The van der Waals surface area contributed by atoms with Crippen LogP contribution in [-0.2, 0) is 6.42 Å². The normalized spacial score (nSPS) is 26.9. The third-order valence-electron chi connectivity index (χ3n) is 3.14. The lowest BCUT2D eigenvalue weighted by Gasteiger charge is -2.32. The third-order valence-corrected chi connectivity index (χ3v) is 3.14. The first kappa shape index (κ1) is 10.6. The molecular weight excluding hydrogens is 192 g/mol. The number of aryl methyl sites for hydroxylation is 2. The van der Waals surface area contributed by atoms with Gasteiger partial charge in [0.2, 0.25) is 0 Å². The SMILES string of the molecule is Cc1noc(C)c1CC1(O)CCCNC1. The number of nitrogens with zero attached hydrogens (tertiary/aromatic N) is 1. The predicted molar refractivity (Wildman–Crippen MR) is 56.7 cm³/mol. The largest absolute Gasteiger partial charge is 0.388 e. The lowest BCUT2D eigenvalue weighted by Crippen LogP contribution is -2.47. The molecule has 84 valence electrons. The third kappa shape index (κ3) is 2.21. The Hall–Kier alpha value is -0.870. The highest BCUT2D eigenvalue weighted by molar-refractivity contribution is 5.23. The van der Waals surface area contributed by atoms with Gasteiger partial charge in [-0.15, -0.1) is 0 Å². The lowest BCUT2D eigenvalue weighted by molar-refractivity contribution is 0.0165. The standard InChI is InChI=1S/C11H18N2O2/c1-8-10(9(2)15-13-8)6-11(14)4-3-5-12-7-11/h12,14H,3-7H2,1-2H3. The summed E-state index contributed by atoms with van der Waals surface area (Å²) < 4.78 is 5.10. The second-order valence-corrected chi connectivity index (χ2v) is 4.48. The van der Waals surface area contributed by atoms with Gasteiger partial charge in [-0.1, -0.05) is 5.16 Å². The summed E-state index contributed by atoms with van der Waals surface area (Å²) in [5.41, 5.74) is 1.33. The molecule has 4 nitrogen and oxygen atoms in total. The van der Waals surface area contributed by atoms with Gasteiger partial charge in [-0.05, 0) is 33.2 Å². The van der Waals surface area contributed by atoms with Crippen LogP contribution in [0.15, 0.2) is 4.52 Å². The van der Waals surface area contributed by atoms with Gasteiger partial charge in [-0.25, -0.2) is 0 Å². The topological polar surface area (TPSA) is 58.3 Å². The van der Waals surface area contributed by atoms with Crippen LogP contribution >= 0.6 is 0 Å². The first-order valence-corrected chi connectivity index (χ1v) is 5.46. The van der Waals surface area contributed by atoms with Gasteiger partial charge in [-0.2, -0.15) is 0 Å². The molecule has 2 N–H and O–H groups in total. The van der Waals surface area contributed by atoms with Crippen LogP contribution < -0.4 is 5.32 Å². The van der Waals surface area contributed by atoms with Crippen molar-refractivity contribution in [3.8, 4) is 0 Å². The van der Waals surface area contributed by atoms with Crippen LogP contribution in [0, 0.1) is 13.8 Å². The number of rotatable bonds is 2. The Balaban J connectivity index is 2.13. The van der Waals surface area contributed by atoms with E-state index in [9.17, 15) is 5.11 Å². The molecule has 0 amide bonds. The van der Waals surface area contributed by atoms with Crippen molar-refractivity contribution in [3.05, 3.63) is 17.0 Å². The molecule has 0 spiro atoms. The number of piperidine rings is 1. The molecule has 2 heterocycles. The van der Waals surface area contributed by atoms with Crippen molar-refractivity contribution in [2.45, 2.75) is 38.7 Å². The molecule has 0 saturated carbocycles. The molecule has 1 saturated heterocycles. The number of hydrogen-bond acceptors (Lipinski definition) is 4. The summed E-state index contributed by atoms with van der Waals surface area (Å²) in [5, 5.41) is 17.5. The fraction of sp³-hybridized carbons (Fsp3) is 0.727. The molecular formula is C11H18N2O2. The summed E-state index contributed by atoms with van der Waals surface area (Å²) in [6.07, 6.45) is 2.52. The summed E-state index contributed by atoms with van der Waals surface area (Å²) >= 11 is 0. The zero-order chi connectivity index (χ0) is 10.9. The Morgan fingerprint density at radius 1 is 1.53 bits per heavy atom. The van der Waals surface area contributed by atoms with E-state index < -0.39 is 5.60 Å². The molecule has 15 heavy (non-hydrogen) atoms. The molecule has 0 aromatic carbocycles. The van der Waals surface area contributed by atoms with Crippen molar-refractivity contribution in [1.29, 1.82) is 0 Å². The van der Waals surface area contributed by atoms with Crippen LogP contribution in [0.4, 0.5) is 0 Å². The zero-order valence-corrected chi connectivity index (χ0v) is 9.34. The highest BCUT2D eigenvalue weighted by Crippen LogP contribution is 2.24. The molecule has 1 aliphatic rings. The van der Waals surface area contributed by atoms with Crippen LogP contribution in [0.25, 0.3) is 0 Å². The minimum atomic E-state index is -0.626. The Labute approximate surface area is 89.7 Å². The maximum atomic E-state index is 10.4.